The maximum absolute atomic E-state index is 12.8. The first-order chi connectivity index (χ1) is 11.0. The monoisotopic (exact) mass is 334 g/mol. The molecule has 2 bridgehead atoms. The Kier molecular flexibility index (Phi) is 3.73. The minimum atomic E-state index is -0.426. The van der Waals surface area contributed by atoms with Gasteiger partial charge in [-0.1, -0.05) is 20.8 Å². The fourth-order valence-electron chi connectivity index (χ4n) is 5.08. The second kappa shape index (κ2) is 5.29. The van der Waals surface area contributed by atoms with E-state index in [2.05, 4.69) is 25.9 Å². The van der Waals surface area contributed by atoms with E-state index in [1.807, 2.05) is 4.90 Å². The number of hydrogen-bond acceptors (Lipinski definition) is 4. The average Bonchev–Trinajstić information content (AvgIpc) is 2.82. The summed E-state index contributed by atoms with van der Waals surface area (Å²) in [4.78, 5) is 25.5. The molecule has 1 aromatic rings. The SMILES string of the molecule is Cc1nn(CC(=O)N2C[C@]3(C)C[C@H]2CC(C)(C)C3)c(C)c1[N+](=O)[O-]. The number of aryl methyl sites for hydroxylation is 1. The quantitative estimate of drug-likeness (QED) is 0.629. The van der Waals surface area contributed by atoms with E-state index < -0.39 is 4.92 Å². The van der Waals surface area contributed by atoms with Crippen molar-refractivity contribution in [3.05, 3.63) is 21.5 Å². The molecule has 0 unspecified atom stereocenters. The van der Waals surface area contributed by atoms with Crippen LogP contribution in [-0.4, -0.2) is 38.1 Å². The van der Waals surface area contributed by atoms with Crippen molar-refractivity contribution >= 4 is 11.6 Å². The van der Waals surface area contributed by atoms with E-state index in [9.17, 15) is 14.9 Å². The van der Waals surface area contributed by atoms with E-state index in [4.69, 9.17) is 0 Å². The molecule has 7 nitrogen and oxygen atoms in total. The van der Waals surface area contributed by atoms with Crippen molar-refractivity contribution in [1.29, 1.82) is 0 Å². The smallest absolute Gasteiger partial charge is 0.312 e. The van der Waals surface area contributed by atoms with E-state index >= 15 is 0 Å². The van der Waals surface area contributed by atoms with Gasteiger partial charge in [0.1, 0.15) is 17.9 Å². The third-order valence-corrected chi connectivity index (χ3v) is 5.55. The Morgan fingerprint density at radius 1 is 1.33 bits per heavy atom. The summed E-state index contributed by atoms with van der Waals surface area (Å²) in [6.45, 7) is 10.9. The zero-order valence-corrected chi connectivity index (χ0v) is 15.1. The van der Waals surface area contributed by atoms with Crippen LogP contribution in [0.5, 0.6) is 0 Å². The first-order valence-electron chi connectivity index (χ1n) is 8.49. The Balaban J connectivity index is 1.80. The van der Waals surface area contributed by atoms with Gasteiger partial charge in [-0.05, 0) is 43.9 Å². The van der Waals surface area contributed by atoms with Crippen LogP contribution in [0.2, 0.25) is 0 Å². The normalized spacial score (nSPS) is 28.2. The van der Waals surface area contributed by atoms with Crippen LogP contribution >= 0.6 is 0 Å². The summed E-state index contributed by atoms with van der Waals surface area (Å²) >= 11 is 0. The summed E-state index contributed by atoms with van der Waals surface area (Å²) in [7, 11) is 0. The van der Waals surface area contributed by atoms with Gasteiger partial charge in [-0.25, -0.2) is 0 Å². The fraction of sp³-hybridized carbons (Fsp3) is 0.765. The number of hydrogen-bond donors (Lipinski definition) is 0. The lowest BCUT2D eigenvalue weighted by atomic mass is 9.65. The van der Waals surface area contributed by atoms with Crippen LogP contribution in [0.3, 0.4) is 0 Å². The molecule has 0 aromatic carbocycles. The van der Waals surface area contributed by atoms with Crippen molar-refractivity contribution in [3.8, 4) is 0 Å². The maximum atomic E-state index is 12.8. The van der Waals surface area contributed by atoms with Gasteiger partial charge in [-0.15, -0.1) is 0 Å². The van der Waals surface area contributed by atoms with Crippen LogP contribution in [-0.2, 0) is 11.3 Å². The zero-order valence-electron chi connectivity index (χ0n) is 15.1. The summed E-state index contributed by atoms with van der Waals surface area (Å²) in [6.07, 6.45) is 3.21. The van der Waals surface area contributed by atoms with Gasteiger partial charge >= 0.3 is 5.69 Å². The third kappa shape index (κ3) is 2.80. The first kappa shape index (κ1) is 16.9. The van der Waals surface area contributed by atoms with E-state index in [1.54, 1.807) is 13.8 Å². The molecule has 2 heterocycles. The van der Waals surface area contributed by atoms with Crippen molar-refractivity contribution < 1.29 is 9.72 Å². The van der Waals surface area contributed by atoms with Gasteiger partial charge in [-0.2, -0.15) is 5.10 Å². The number of rotatable bonds is 3. The van der Waals surface area contributed by atoms with Crippen LogP contribution in [0.1, 0.15) is 51.4 Å². The van der Waals surface area contributed by atoms with Crippen molar-refractivity contribution in [2.45, 2.75) is 66.5 Å². The second-order valence-corrected chi connectivity index (χ2v) is 8.67. The maximum Gasteiger partial charge on any atom is 0.312 e. The van der Waals surface area contributed by atoms with Crippen molar-refractivity contribution in [2.24, 2.45) is 10.8 Å². The molecule has 2 fully saturated rings. The molecular weight excluding hydrogens is 308 g/mol. The van der Waals surface area contributed by atoms with Crippen LogP contribution < -0.4 is 0 Å². The Labute approximate surface area is 142 Å². The highest BCUT2D eigenvalue weighted by Gasteiger charge is 2.50. The van der Waals surface area contributed by atoms with Crippen molar-refractivity contribution in [1.82, 2.24) is 14.7 Å². The highest BCUT2D eigenvalue weighted by Crippen LogP contribution is 2.52. The number of likely N-dealkylation sites (tertiary alicyclic amines) is 1. The van der Waals surface area contributed by atoms with Crippen molar-refractivity contribution in [2.75, 3.05) is 6.54 Å². The predicted molar refractivity (Wildman–Crippen MR) is 89.6 cm³/mol. The minimum absolute atomic E-state index is 0.0102. The predicted octanol–water partition coefficient (Wildman–Crippen LogP) is 2.84. The molecule has 132 valence electrons. The van der Waals surface area contributed by atoms with Crippen LogP contribution in [0.4, 0.5) is 5.69 Å². The number of carbonyl (C=O) groups is 1. The Morgan fingerprint density at radius 3 is 2.58 bits per heavy atom. The molecule has 0 spiro atoms. The van der Waals surface area contributed by atoms with Gasteiger partial charge in [0.05, 0.1) is 4.92 Å². The lowest BCUT2D eigenvalue weighted by Gasteiger charge is -2.39. The average molecular weight is 334 g/mol. The van der Waals surface area contributed by atoms with Gasteiger partial charge < -0.3 is 4.90 Å². The van der Waals surface area contributed by atoms with Crippen LogP contribution in [0.15, 0.2) is 0 Å². The number of carbonyl (C=O) groups excluding carboxylic acids is 1. The van der Waals surface area contributed by atoms with Gasteiger partial charge in [0.15, 0.2) is 0 Å². The van der Waals surface area contributed by atoms with Gasteiger partial charge in [-0.3, -0.25) is 19.6 Å². The molecule has 0 N–H and O–H groups in total. The van der Waals surface area contributed by atoms with E-state index in [0.29, 0.717) is 11.4 Å². The topological polar surface area (TPSA) is 81.3 Å². The van der Waals surface area contributed by atoms with Gasteiger partial charge in [0, 0.05) is 12.6 Å². The fourth-order valence-corrected chi connectivity index (χ4v) is 5.08. The van der Waals surface area contributed by atoms with Gasteiger partial charge in [0.2, 0.25) is 5.91 Å². The molecule has 1 aliphatic carbocycles. The van der Waals surface area contributed by atoms with Gasteiger partial charge in [0.25, 0.3) is 0 Å². The summed E-state index contributed by atoms with van der Waals surface area (Å²) in [5.41, 5.74) is 1.25. The highest BCUT2D eigenvalue weighted by molar-refractivity contribution is 5.77. The highest BCUT2D eigenvalue weighted by atomic mass is 16.6. The molecule has 2 aliphatic rings. The summed E-state index contributed by atoms with van der Waals surface area (Å²) in [5.74, 6) is 0.0157. The first-order valence-corrected chi connectivity index (χ1v) is 8.49. The molecule has 24 heavy (non-hydrogen) atoms. The number of nitrogens with zero attached hydrogens (tertiary/aromatic N) is 4. The van der Waals surface area contributed by atoms with E-state index in [-0.39, 0.29) is 35.0 Å². The third-order valence-electron chi connectivity index (χ3n) is 5.55. The number of fused-ring (bicyclic) bond motifs is 2. The van der Waals surface area contributed by atoms with E-state index in [1.165, 1.54) is 4.68 Å². The Bertz CT molecular complexity index is 709. The molecule has 7 heteroatoms. The Hall–Kier alpha value is -1.92. The number of aromatic nitrogens is 2. The number of amides is 1. The lowest BCUT2D eigenvalue weighted by molar-refractivity contribution is -0.386. The summed E-state index contributed by atoms with van der Waals surface area (Å²) in [5, 5.41) is 15.3. The second-order valence-electron chi connectivity index (χ2n) is 8.67. The number of nitro groups is 1. The standard InChI is InChI=1S/C17H26N4O3/c1-11-15(21(23)24)12(2)20(18-11)8-14(22)19-10-17(5)7-13(19)6-16(3,4)9-17/h13H,6-10H2,1-5H3/t13-,17-/m1/s1. The molecule has 1 aromatic heterocycles. The summed E-state index contributed by atoms with van der Waals surface area (Å²) in [6, 6.07) is 0.276. The molecular formula is C17H26N4O3. The molecule has 0 radical (unpaired) electrons. The molecule has 1 aliphatic heterocycles. The summed E-state index contributed by atoms with van der Waals surface area (Å²) < 4.78 is 1.48. The largest absolute Gasteiger partial charge is 0.338 e. The molecule has 1 saturated heterocycles. The Morgan fingerprint density at radius 2 is 2.00 bits per heavy atom. The van der Waals surface area contributed by atoms with Crippen molar-refractivity contribution in [3.63, 3.8) is 0 Å². The zero-order chi connectivity index (χ0) is 17.9. The van der Waals surface area contributed by atoms with E-state index in [0.717, 1.165) is 25.8 Å². The minimum Gasteiger partial charge on any atom is -0.338 e. The van der Waals surface area contributed by atoms with Crippen LogP contribution in [0, 0.1) is 34.8 Å². The molecule has 1 saturated carbocycles. The van der Waals surface area contributed by atoms with Crippen LogP contribution in [0.25, 0.3) is 0 Å². The molecule has 2 atom stereocenters. The lowest BCUT2D eigenvalue weighted by Crippen LogP contribution is -2.39. The molecule has 3 rings (SSSR count). The molecule has 1 amide bonds.